The van der Waals surface area contributed by atoms with Crippen LogP contribution in [0.4, 0.5) is 0 Å². The predicted molar refractivity (Wildman–Crippen MR) is 70.4 cm³/mol. The number of nitrogens with one attached hydrogen (secondary N) is 1. The highest BCUT2D eigenvalue weighted by Crippen LogP contribution is 2.23. The van der Waals surface area contributed by atoms with Crippen LogP contribution in [-0.2, 0) is 7.05 Å². The minimum atomic E-state index is 0.0121. The second-order valence-corrected chi connectivity index (χ2v) is 5.29. The number of hydrogen-bond donors (Lipinski definition) is 2. The van der Waals surface area contributed by atoms with E-state index in [4.69, 9.17) is 5.11 Å². The van der Waals surface area contributed by atoms with Crippen LogP contribution < -0.4 is 5.32 Å². The SMILES string of the molecule is Cc1ccc(C(=O)NC2CCC(CO)CC2)n1C. The van der Waals surface area contributed by atoms with Crippen LogP contribution in [-0.4, -0.2) is 28.2 Å². The molecule has 4 nitrogen and oxygen atoms in total. The molecule has 1 amide bonds. The maximum Gasteiger partial charge on any atom is 0.268 e. The third-order valence-corrected chi connectivity index (χ3v) is 4.05. The van der Waals surface area contributed by atoms with E-state index < -0.39 is 0 Å². The van der Waals surface area contributed by atoms with E-state index in [1.165, 1.54) is 0 Å². The Labute approximate surface area is 108 Å². The van der Waals surface area contributed by atoms with Crippen LogP contribution in [0.25, 0.3) is 0 Å². The van der Waals surface area contributed by atoms with Crippen LogP contribution >= 0.6 is 0 Å². The van der Waals surface area contributed by atoms with Crippen LogP contribution in [0.3, 0.4) is 0 Å². The summed E-state index contributed by atoms with van der Waals surface area (Å²) in [6.07, 6.45) is 3.96. The van der Waals surface area contributed by atoms with Crippen LogP contribution in [0.15, 0.2) is 12.1 Å². The number of nitrogens with zero attached hydrogens (tertiary/aromatic N) is 1. The van der Waals surface area contributed by atoms with Gasteiger partial charge in [0.05, 0.1) is 0 Å². The van der Waals surface area contributed by atoms with E-state index in [2.05, 4.69) is 5.32 Å². The van der Waals surface area contributed by atoms with Crippen molar-refractivity contribution in [1.29, 1.82) is 0 Å². The largest absolute Gasteiger partial charge is 0.396 e. The third-order valence-electron chi connectivity index (χ3n) is 4.05. The molecule has 0 spiro atoms. The number of rotatable bonds is 3. The van der Waals surface area contributed by atoms with Crippen LogP contribution in [0, 0.1) is 12.8 Å². The summed E-state index contributed by atoms with van der Waals surface area (Å²) >= 11 is 0. The van der Waals surface area contributed by atoms with Gasteiger partial charge in [0.1, 0.15) is 5.69 Å². The Morgan fingerprint density at radius 1 is 1.39 bits per heavy atom. The standard InChI is InChI=1S/C14H22N2O2/c1-10-3-8-13(16(10)2)14(18)15-12-6-4-11(9-17)5-7-12/h3,8,11-12,17H,4-7,9H2,1-2H3,(H,15,18). The lowest BCUT2D eigenvalue weighted by Gasteiger charge is -2.28. The molecule has 100 valence electrons. The van der Waals surface area contributed by atoms with Crippen molar-refractivity contribution in [2.24, 2.45) is 13.0 Å². The molecule has 0 aromatic carbocycles. The Kier molecular flexibility index (Phi) is 4.07. The van der Waals surface area contributed by atoms with E-state index in [1.54, 1.807) is 0 Å². The Hall–Kier alpha value is -1.29. The van der Waals surface area contributed by atoms with Crippen molar-refractivity contribution in [3.8, 4) is 0 Å². The summed E-state index contributed by atoms with van der Waals surface area (Å²) in [5.41, 5.74) is 1.81. The monoisotopic (exact) mass is 250 g/mol. The van der Waals surface area contributed by atoms with Crippen LogP contribution in [0.1, 0.15) is 41.9 Å². The highest BCUT2D eigenvalue weighted by atomic mass is 16.3. The molecule has 1 aromatic rings. The zero-order valence-electron chi connectivity index (χ0n) is 11.1. The molecular formula is C14H22N2O2. The molecule has 1 heterocycles. The summed E-state index contributed by atoms with van der Waals surface area (Å²) < 4.78 is 1.91. The molecular weight excluding hydrogens is 228 g/mol. The number of hydrogen-bond acceptors (Lipinski definition) is 2. The molecule has 1 saturated carbocycles. The zero-order valence-corrected chi connectivity index (χ0v) is 11.1. The van der Waals surface area contributed by atoms with Gasteiger partial charge in [-0.25, -0.2) is 0 Å². The van der Waals surface area contributed by atoms with E-state index in [0.717, 1.165) is 37.1 Å². The molecule has 4 heteroatoms. The minimum absolute atomic E-state index is 0.0121. The first-order chi connectivity index (χ1) is 8.61. The van der Waals surface area contributed by atoms with Gasteiger partial charge in [-0.15, -0.1) is 0 Å². The first-order valence-electron chi connectivity index (χ1n) is 6.66. The minimum Gasteiger partial charge on any atom is -0.396 e. The highest BCUT2D eigenvalue weighted by Gasteiger charge is 2.23. The topological polar surface area (TPSA) is 54.3 Å². The first kappa shape index (κ1) is 13.1. The van der Waals surface area contributed by atoms with Crippen LogP contribution in [0.2, 0.25) is 0 Å². The van der Waals surface area contributed by atoms with E-state index >= 15 is 0 Å². The predicted octanol–water partition coefficient (Wildman–Crippen LogP) is 1.61. The quantitative estimate of drug-likeness (QED) is 0.856. The Morgan fingerprint density at radius 3 is 2.56 bits per heavy atom. The molecule has 0 radical (unpaired) electrons. The van der Waals surface area contributed by atoms with E-state index in [9.17, 15) is 4.79 Å². The van der Waals surface area contributed by atoms with Gasteiger partial charge < -0.3 is 15.0 Å². The summed E-state index contributed by atoms with van der Waals surface area (Å²) in [4.78, 5) is 12.1. The van der Waals surface area contributed by atoms with Crippen molar-refractivity contribution < 1.29 is 9.90 Å². The third kappa shape index (κ3) is 2.75. The maximum atomic E-state index is 12.1. The molecule has 1 aliphatic carbocycles. The lowest BCUT2D eigenvalue weighted by molar-refractivity contribution is 0.0905. The Bertz CT molecular complexity index is 417. The van der Waals surface area contributed by atoms with Crippen molar-refractivity contribution in [3.63, 3.8) is 0 Å². The molecule has 0 atom stereocenters. The molecule has 0 bridgehead atoms. The second-order valence-electron chi connectivity index (χ2n) is 5.29. The molecule has 0 aliphatic heterocycles. The number of aliphatic hydroxyl groups is 1. The fraction of sp³-hybridized carbons (Fsp3) is 0.643. The fourth-order valence-corrected chi connectivity index (χ4v) is 2.59. The molecule has 1 aromatic heterocycles. The number of aryl methyl sites for hydroxylation is 1. The summed E-state index contributed by atoms with van der Waals surface area (Å²) in [5.74, 6) is 0.438. The maximum absolute atomic E-state index is 12.1. The van der Waals surface area contributed by atoms with Gasteiger partial charge in [0.2, 0.25) is 0 Å². The molecule has 1 fully saturated rings. The van der Waals surface area contributed by atoms with Crippen molar-refractivity contribution in [3.05, 3.63) is 23.5 Å². The van der Waals surface area contributed by atoms with Gasteiger partial charge in [0.15, 0.2) is 0 Å². The summed E-state index contributed by atoms with van der Waals surface area (Å²) in [6, 6.07) is 4.08. The van der Waals surface area contributed by atoms with Crippen molar-refractivity contribution in [1.82, 2.24) is 9.88 Å². The van der Waals surface area contributed by atoms with E-state index in [1.807, 2.05) is 30.7 Å². The zero-order chi connectivity index (χ0) is 13.1. The molecule has 18 heavy (non-hydrogen) atoms. The van der Waals surface area contributed by atoms with Crippen molar-refractivity contribution >= 4 is 5.91 Å². The van der Waals surface area contributed by atoms with Gasteiger partial charge in [-0.05, 0) is 50.7 Å². The molecule has 0 saturated heterocycles. The molecule has 2 rings (SSSR count). The summed E-state index contributed by atoms with van der Waals surface area (Å²) in [6.45, 7) is 2.26. The number of carbonyl (C=O) groups is 1. The summed E-state index contributed by atoms with van der Waals surface area (Å²) in [7, 11) is 1.91. The molecule has 0 unspecified atom stereocenters. The first-order valence-corrected chi connectivity index (χ1v) is 6.66. The Balaban J connectivity index is 1.91. The van der Waals surface area contributed by atoms with Gasteiger partial charge >= 0.3 is 0 Å². The fourth-order valence-electron chi connectivity index (χ4n) is 2.59. The van der Waals surface area contributed by atoms with Gasteiger partial charge in [-0.1, -0.05) is 0 Å². The number of aromatic nitrogens is 1. The number of carbonyl (C=O) groups excluding carboxylic acids is 1. The number of amides is 1. The second kappa shape index (κ2) is 5.57. The van der Waals surface area contributed by atoms with Gasteiger partial charge in [0.25, 0.3) is 5.91 Å². The smallest absolute Gasteiger partial charge is 0.268 e. The van der Waals surface area contributed by atoms with Gasteiger partial charge in [-0.3, -0.25) is 4.79 Å². The van der Waals surface area contributed by atoms with Crippen molar-refractivity contribution in [2.45, 2.75) is 38.6 Å². The molecule has 1 aliphatic rings. The lowest BCUT2D eigenvalue weighted by atomic mass is 9.86. The van der Waals surface area contributed by atoms with E-state index in [-0.39, 0.29) is 18.6 Å². The number of aliphatic hydroxyl groups excluding tert-OH is 1. The van der Waals surface area contributed by atoms with E-state index in [0.29, 0.717) is 5.92 Å². The average Bonchev–Trinajstić information content (AvgIpc) is 2.71. The normalized spacial score (nSPS) is 23.9. The lowest BCUT2D eigenvalue weighted by Crippen LogP contribution is -2.38. The Morgan fingerprint density at radius 2 is 2.06 bits per heavy atom. The van der Waals surface area contributed by atoms with Gasteiger partial charge in [0, 0.05) is 25.4 Å². The van der Waals surface area contributed by atoms with Crippen LogP contribution in [0.5, 0.6) is 0 Å². The molecule has 2 N–H and O–H groups in total. The summed E-state index contributed by atoms with van der Waals surface area (Å²) in [5, 5.41) is 12.2. The highest BCUT2D eigenvalue weighted by molar-refractivity contribution is 5.93. The average molecular weight is 250 g/mol. The van der Waals surface area contributed by atoms with Crippen molar-refractivity contribution in [2.75, 3.05) is 6.61 Å². The van der Waals surface area contributed by atoms with Gasteiger partial charge in [-0.2, -0.15) is 0 Å².